The van der Waals surface area contributed by atoms with Crippen molar-refractivity contribution in [2.75, 3.05) is 0 Å². The zero-order valence-corrected chi connectivity index (χ0v) is 13.1. The van der Waals surface area contributed by atoms with Gasteiger partial charge in [-0.1, -0.05) is 61.4 Å². The third-order valence-electron chi connectivity index (χ3n) is 4.79. The van der Waals surface area contributed by atoms with Crippen molar-refractivity contribution in [3.05, 3.63) is 76.2 Å². The first-order valence-electron chi connectivity index (χ1n) is 8.37. The van der Waals surface area contributed by atoms with Crippen molar-refractivity contribution in [3.8, 4) is 0 Å². The molecule has 0 aliphatic heterocycles. The number of nitrogens with zero attached hydrogens (tertiary/aromatic N) is 2. The maximum absolute atomic E-state index is 12.8. The molecule has 1 fully saturated rings. The van der Waals surface area contributed by atoms with Crippen molar-refractivity contribution in [2.45, 2.75) is 38.1 Å². The summed E-state index contributed by atoms with van der Waals surface area (Å²) in [7, 11) is 0. The van der Waals surface area contributed by atoms with E-state index in [0.717, 1.165) is 35.7 Å². The lowest BCUT2D eigenvalue weighted by Crippen LogP contribution is -2.27. The number of aromatic nitrogens is 2. The molecule has 1 heterocycles. The zero-order valence-electron chi connectivity index (χ0n) is 13.1. The molecule has 3 heteroatoms. The number of hydrogen-bond acceptors (Lipinski definition) is 2. The molecule has 0 atom stereocenters. The van der Waals surface area contributed by atoms with Gasteiger partial charge < -0.3 is 0 Å². The van der Waals surface area contributed by atoms with Crippen LogP contribution in [-0.4, -0.2) is 9.78 Å². The van der Waals surface area contributed by atoms with Gasteiger partial charge in [0.2, 0.25) is 0 Å². The van der Waals surface area contributed by atoms with Crippen LogP contribution in [0.4, 0.5) is 0 Å². The average molecular weight is 304 g/mol. The SMILES string of the molecule is O=c1c2ccccc2c(Cc2ccccc2)nn1C1CCCC1. The molecule has 0 amide bonds. The lowest BCUT2D eigenvalue weighted by Gasteiger charge is -2.16. The van der Waals surface area contributed by atoms with Crippen LogP contribution >= 0.6 is 0 Å². The van der Waals surface area contributed by atoms with Crippen LogP contribution in [0.3, 0.4) is 0 Å². The van der Waals surface area contributed by atoms with Gasteiger partial charge in [0.05, 0.1) is 17.1 Å². The highest BCUT2D eigenvalue weighted by molar-refractivity contribution is 5.83. The van der Waals surface area contributed by atoms with Crippen LogP contribution in [0.15, 0.2) is 59.4 Å². The Morgan fingerprint density at radius 3 is 2.30 bits per heavy atom. The van der Waals surface area contributed by atoms with Gasteiger partial charge in [-0.2, -0.15) is 5.10 Å². The van der Waals surface area contributed by atoms with E-state index < -0.39 is 0 Å². The zero-order chi connectivity index (χ0) is 15.6. The van der Waals surface area contributed by atoms with E-state index in [1.165, 1.54) is 18.4 Å². The predicted molar refractivity (Wildman–Crippen MR) is 92.8 cm³/mol. The smallest absolute Gasteiger partial charge is 0.267 e. The Labute approximate surface area is 135 Å². The van der Waals surface area contributed by atoms with Gasteiger partial charge in [0, 0.05) is 11.8 Å². The minimum absolute atomic E-state index is 0.0595. The van der Waals surface area contributed by atoms with Crippen LogP contribution < -0.4 is 5.56 Å². The lowest BCUT2D eigenvalue weighted by atomic mass is 10.0. The average Bonchev–Trinajstić information content (AvgIpc) is 3.13. The summed E-state index contributed by atoms with van der Waals surface area (Å²) in [4.78, 5) is 12.8. The minimum Gasteiger partial charge on any atom is -0.267 e. The van der Waals surface area contributed by atoms with Crippen LogP contribution in [0.2, 0.25) is 0 Å². The molecular formula is C20H20N2O. The molecule has 0 unspecified atom stereocenters. The van der Waals surface area contributed by atoms with Gasteiger partial charge in [-0.05, 0) is 24.5 Å². The van der Waals surface area contributed by atoms with Gasteiger partial charge in [0.25, 0.3) is 5.56 Å². The summed E-state index contributed by atoms with van der Waals surface area (Å²) in [6.07, 6.45) is 5.28. The monoisotopic (exact) mass is 304 g/mol. The summed E-state index contributed by atoms with van der Waals surface area (Å²) in [6.45, 7) is 0. The van der Waals surface area contributed by atoms with Gasteiger partial charge in [0.1, 0.15) is 0 Å². The van der Waals surface area contributed by atoms with Gasteiger partial charge in [-0.3, -0.25) is 4.79 Å². The molecule has 1 saturated carbocycles. The van der Waals surface area contributed by atoms with E-state index in [2.05, 4.69) is 12.1 Å². The second-order valence-electron chi connectivity index (χ2n) is 6.34. The summed E-state index contributed by atoms with van der Waals surface area (Å²) in [6, 6.07) is 18.5. The molecule has 3 aromatic rings. The molecule has 1 aliphatic carbocycles. The molecular weight excluding hydrogens is 284 g/mol. The normalized spacial score (nSPS) is 15.3. The van der Waals surface area contributed by atoms with Gasteiger partial charge in [-0.25, -0.2) is 4.68 Å². The Kier molecular flexibility index (Phi) is 3.70. The highest BCUT2D eigenvalue weighted by atomic mass is 16.1. The lowest BCUT2D eigenvalue weighted by molar-refractivity contribution is 0.442. The van der Waals surface area contributed by atoms with Crippen molar-refractivity contribution in [1.29, 1.82) is 0 Å². The van der Waals surface area contributed by atoms with E-state index in [1.54, 1.807) is 4.68 Å². The van der Waals surface area contributed by atoms with Gasteiger partial charge in [0.15, 0.2) is 0 Å². The third kappa shape index (κ3) is 2.67. The topological polar surface area (TPSA) is 34.9 Å². The second kappa shape index (κ2) is 5.99. The number of rotatable bonds is 3. The summed E-state index contributed by atoms with van der Waals surface area (Å²) >= 11 is 0. The fourth-order valence-corrected chi connectivity index (χ4v) is 3.59. The molecule has 0 N–H and O–H groups in total. The van der Waals surface area contributed by atoms with E-state index in [4.69, 9.17) is 5.10 Å². The van der Waals surface area contributed by atoms with Crippen LogP contribution in [0.5, 0.6) is 0 Å². The highest BCUT2D eigenvalue weighted by Crippen LogP contribution is 2.28. The van der Waals surface area contributed by atoms with Crippen molar-refractivity contribution < 1.29 is 0 Å². The first-order valence-corrected chi connectivity index (χ1v) is 8.37. The van der Waals surface area contributed by atoms with Crippen molar-refractivity contribution in [1.82, 2.24) is 9.78 Å². The Hall–Kier alpha value is -2.42. The fourth-order valence-electron chi connectivity index (χ4n) is 3.59. The first kappa shape index (κ1) is 14.2. The maximum Gasteiger partial charge on any atom is 0.274 e. The van der Waals surface area contributed by atoms with E-state index in [-0.39, 0.29) is 11.6 Å². The van der Waals surface area contributed by atoms with Gasteiger partial charge in [-0.15, -0.1) is 0 Å². The molecule has 23 heavy (non-hydrogen) atoms. The molecule has 1 aromatic heterocycles. The second-order valence-corrected chi connectivity index (χ2v) is 6.34. The van der Waals surface area contributed by atoms with Crippen LogP contribution in [0.25, 0.3) is 10.8 Å². The predicted octanol–water partition coefficient (Wildman–Crippen LogP) is 4.10. The minimum atomic E-state index is 0.0595. The number of hydrogen-bond donors (Lipinski definition) is 0. The Balaban J connectivity index is 1.88. The fraction of sp³-hybridized carbons (Fsp3) is 0.300. The Morgan fingerprint density at radius 2 is 1.57 bits per heavy atom. The molecule has 0 spiro atoms. The van der Waals surface area contributed by atoms with Crippen LogP contribution in [-0.2, 0) is 6.42 Å². The van der Waals surface area contributed by atoms with Crippen molar-refractivity contribution in [2.24, 2.45) is 0 Å². The molecule has 2 aromatic carbocycles. The van der Waals surface area contributed by atoms with Crippen molar-refractivity contribution >= 4 is 10.8 Å². The molecule has 0 bridgehead atoms. The van der Waals surface area contributed by atoms with E-state index in [1.807, 2.05) is 42.5 Å². The van der Waals surface area contributed by atoms with Crippen LogP contribution in [0, 0.1) is 0 Å². The first-order chi connectivity index (χ1) is 11.3. The molecule has 0 radical (unpaired) electrons. The standard InChI is InChI=1S/C20H20N2O/c23-20-18-13-7-6-12-17(18)19(14-15-8-2-1-3-9-15)21-22(20)16-10-4-5-11-16/h1-3,6-9,12-13,16H,4-5,10-11,14H2. The van der Waals surface area contributed by atoms with Crippen molar-refractivity contribution in [3.63, 3.8) is 0 Å². The van der Waals surface area contributed by atoms with E-state index in [9.17, 15) is 4.79 Å². The highest BCUT2D eigenvalue weighted by Gasteiger charge is 2.21. The molecule has 4 rings (SSSR count). The summed E-state index contributed by atoms with van der Waals surface area (Å²) in [5.74, 6) is 0. The quantitative estimate of drug-likeness (QED) is 0.730. The van der Waals surface area contributed by atoms with E-state index in [0.29, 0.717) is 0 Å². The third-order valence-corrected chi connectivity index (χ3v) is 4.79. The molecule has 1 aliphatic rings. The van der Waals surface area contributed by atoms with Crippen LogP contribution in [0.1, 0.15) is 43.0 Å². The molecule has 116 valence electrons. The summed E-state index contributed by atoms with van der Waals surface area (Å²) in [5, 5.41) is 6.56. The largest absolute Gasteiger partial charge is 0.274 e. The maximum atomic E-state index is 12.8. The molecule has 3 nitrogen and oxygen atoms in total. The van der Waals surface area contributed by atoms with E-state index >= 15 is 0 Å². The Bertz CT molecular complexity index is 877. The summed E-state index contributed by atoms with van der Waals surface area (Å²) < 4.78 is 1.76. The number of benzene rings is 2. The summed E-state index contributed by atoms with van der Waals surface area (Å²) in [5.41, 5.74) is 2.28. The van der Waals surface area contributed by atoms with Gasteiger partial charge >= 0.3 is 0 Å². The Morgan fingerprint density at radius 1 is 0.913 bits per heavy atom. The number of fused-ring (bicyclic) bond motifs is 1. The molecule has 0 saturated heterocycles.